The second-order valence-corrected chi connectivity index (χ2v) is 6.50. The van der Waals surface area contributed by atoms with Crippen LogP contribution in [0.25, 0.3) is 0 Å². The summed E-state index contributed by atoms with van der Waals surface area (Å²) in [7, 11) is 0. The largest absolute Gasteiger partial charge is 0.490 e. The Bertz CT molecular complexity index is 714. The molecule has 0 aliphatic rings. The number of carbonyl (C=O) groups excluding carboxylic acids is 1. The molecule has 1 atom stereocenters. The number of unbranched alkanes of at least 4 members (excludes halogenated alkanes) is 1. The van der Waals surface area contributed by atoms with Gasteiger partial charge in [0.2, 0.25) is 0 Å². The van der Waals surface area contributed by atoms with Crippen LogP contribution >= 0.6 is 0 Å². The van der Waals surface area contributed by atoms with Crippen LogP contribution in [-0.2, 0) is 22.6 Å². The minimum Gasteiger partial charge on any atom is -0.490 e. The Morgan fingerprint density at radius 3 is 2.43 bits per heavy atom. The van der Waals surface area contributed by atoms with Crippen LogP contribution in [0, 0.1) is 0 Å². The number of hydrogen-bond acceptors (Lipinski definition) is 5. The third kappa shape index (κ3) is 7.24. The quantitative estimate of drug-likeness (QED) is 0.435. The molecular weight excluding hydrogens is 356 g/mol. The molecular formula is C23H30O5. The van der Waals surface area contributed by atoms with Gasteiger partial charge in [-0.25, -0.2) is 4.79 Å². The van der Waals surface area contributed by atoms with E-state index < -0.39 is 12.1 Å². The molecule has 0 spiro atoms. The molecule has 2 aromatic carbocycles. The van der Waals surface area contributed by atoms with Gasteiger partial charge in [-0.1, -0.05) is 36.4 Å². The maximum Gasteiger partial charge on any atom is 0.334 e. The summed E-state index contributed by atoms with van der Waals surface area (Å²) in [6, 6.07) is 16.0. The van der Waals surface area contributed by atoms with E-state index in [1.165, 1.54) is 0 Å². The molecule has 2 rings (SSSR count). The van der Waals surface area contributed by atoms with E-state index in [1.54, 1.807) is 6.92 Å². The van der Waals surface area contributed by atoms with Crippen LogP contribution in [-0.4, -0.2) is 30.4 Å². The molecule has 152 valence electrons. The molecule has 1 N–H and O–H groups in total. The molecule has 0 aliphatic heterocycles. The molecule has 0 amide bonds. The number of carbonyl (C=O) groups is 1. The second-order valence-electron chi connectivity index (χ2n) is 6.50. The minimum atomic E-state index is -1.03. The van der Waals surface area contributed by atoms with Crippen molar-refractivity contribution in [3.8, 4) is 11.5 Å². The van der Waals surface area contributed by atoms with Gasteiger partial charge < -0.3 is 19.3 Å². The van der Waals surface area contributed by atoms with Gasteiger partial charge in [0.15, 0.2) is 17.6 Å². The molecule has 0 aromatic heterocycles. The van der Waals surface area contributed by atoms with E-state index in [1.807, 2.05) is 55.5 Å². The van der Waals surface area contributed by atoms with E-state index in [9.17, 15) is 9.90 Å². The first-order chi connectivity index (χ1) is 13.6. The van der Waals surface area contributed by atoms with E-state index >= 15 is 0 Å². The van der Waals surface area contributed by atoms with Gasteiger partial charge in [0.25, 0.3) is 0 Å². The highest BCUT2D eigenvalue weighted by atomic mass is 16.5. The summed E-state index contributed by atoms with van der Waals surface area (Å²) in [4.78, 5) is 11.4. The fraction of sp³-hybridized carbons (Fsp3) is 0.435. The lowest BCUT2D eigenvalue weighted by Gasteiger charge is -2.14. The van der Waals surface area contributed by atoms with Gasteiger partial charge in [0, 0.05) is 0 Å². The van der Waals surface area contributed by atoms with Gasteiger partial charge in [-0.15, -0.1) is 0 Å². The number of aryl methyl sites for hydroxylation is 1. The third-order valence-corrected chi connectivity index (χ3v) is 4.30. The van der Waals surface area contributed by atoms with Crippen molar-refractivity contribution < 1.29 is 24.1 Å². The summed E-state index contributed by atoms with van der Waals surface area (Å²) in [5, 5.41) is 9.74. The van der Waals surface area contributed by atoms with Crippen molar-refractivity contribution in [2.45, 2.75) is 52.2 Å². The summed E-state index contributed by atoms with van der Waals surface area (Å²) < 4.78 is 16.5. The molecule has 1 unspecified atom stereocenters. The van der Waals surface area contributed by atoms with Gasteiger partial charge in [0.1, 0.15) is 6.61 Å². The third-order valence-electron chi connectivity index (χ3n) is 4.30. The number of rotatable bonds is 12. The monoisotopic (exact) mass is 386 g/mol. The summed E-state index contributed by atoms with van der Waals surface area (Å²) in [6.07, 6.45) is 1.83. The molecule has 0 saturated heterocycles. The summed E-state index contributed by atoms with van der Waals surface area (Å²) in [5.41, 5.74) is 2.25. The molecule has 28 heavy (non-hydrogen) atoms. The smallest absolute Gasteiger partial charge is 0.334 e. The lowest BCUT2D eigenvalue weighted by atomic mass is 10.0. The fourth-order valence-corrected chi connectivity index (χ4v) is 2.85. The van der Waals surface area contributed by atoms with E-state index in [0.717, 1.165) is 41.9 Å². The van der Waals surface area contributed by atoms with Gasteiger partial charge in [0.05, 0.1) is 13.2 Å². The highest BCUT2D eigenvalue weighted by molar-refractivity contribution is 5.74. The number of esters is 1. The van der Waals surface area contributed by atoms with Crippen molar-refractivity contribution in [2.75, 3.05) is 13.2 Å². The summed E-state index contributed by atoms with van der Waals surface area (Å²) in [5.74, 6) is 0.927. The molecule has 0 aliphatic carbocycles. The van der Waals surface area contributed by atoms with Crippen LogP contribution in [0.5, 0.6) is 11.5 Å². The van der Waals surface area contributed by atoms with E-state index in [2.05, 4.69) is 0 Å². The van der Waals surface area contributed by atoms with Gasteiger partial charge >= 0.3 is 5.97 Å². The first kappa shape index (κ1) is 21.8. The van der Waals surface area contributed by atoms with Crippen LogP contribution in [0.4, 0.5) is 0 Å². The Morgan fingerprint density at radius 1 is 0.929 bits per heavy atom. The Labute approximate surface area is 167 Å². The molecule has 2 aromatic rings. The Balaban J connectivity index is 1.86. The van der Waals surface area contributed by atoms with E-state index in [-0.39, 0.29) is 6.61 Å². The standard InChI is InChI=1S/C23H30O5/c1-3-26-22-16-18(10-8-9-13-20(24)23(25)27-4-2)14-15-21(22)28-17-19-11-6-5-7-12-19/h5-7,11-12,14-16,20,24H,3-4,8-10,13,17H2,1-2H3. The summed E-state index contributed by atoms with van der Waals surface area (Å²) in [6.45, 7) is 5.02. The highest BCUT2D eigenvalue weighted by Gasteiger charge is 2.15. The van der Waals surface area contributed by atoms with Crippen molar-refractivity contribution in [3.63, 3.8) is 0 Å². The zero-order valence-corrected chi connectivity index (χ0v) is 16.7. The Morgan fingerprint density at radius 2 is 1.71 bits per heavy atom. The van der Waals surface area contributed by atoms with Crippen molar-refractivity contribution in [1.29, 1.82) is 0 Å². The van der Waals surface area contributed by atoms with Gasteiger partial charge in [-0.05, 0) is 62.8 Å². The minimum absolute atomic E-state index is 0.286. The lowest BCUT2D eigenvalue weighted by molar-refractivity contribution is -0.153. The predicted octanol–water partition coefficient (Wildman–Crippen LogP) is 4.30. The number of ether oxygens (including phenoxy) is 3. The van der Waals surface area contributed by atoms with Gasteiger partial charge in [-0.3, -0.25) is 0 Å². The lowest BCUT2D eigenvalue weighted by Crippen LogP contribution is -2.22. The maximum absolute atomic E-state index is 11.4. The molecule has 0 radical (unpaired) electrons. The molecule has 5 nitrogen and oxygen atoms in total. The maximum atomic E-state index is 11.4. The first-order valence-corrected chi connectivity index (χ1v) is 9.91. The number of hydrogen-bond donors (Lipinski definition) is 1. The molecule has 0 fully saturated rings. The zero-order valence-electron chi connectivity index (χ0n) is 16.7. The molecule has 0 bridgehead atoms. The molecule has 0 heterocycles. The van der Waals surface area contributed by atoms with Crippen molar-refractivity contribution in [3.05, 3.63) is 59.7 Å². The average Bonchev–Trinajstić information content (AvgIpc) is 2.71. The number of aliphatic hydroxyl groups is 1. The van der Waals surface area contributed by atoms with Crippen LogP contribution < -0.4 is 9.47 Å². The second kappa shape index (κ2) is 12.0. The van der Waals surface area contributed by atoms with E-state index in [4.69, 9.17) is 14.2 Å². The molecule has 5 heteroatoms. The van der Waals surface area contributed by atoms with Crippen LogP contribution in [0.2, 0.25) is 0 Å². The van der Waals surface area contributed by atoms with E-state index in [0.29, 0.717) is 19.6 Å². The van der Waals surface area contributed by atoms with Crippen molar-refractivity contribution >= 4 is 5.97 Å². The topological polar surface area (TPSA) is 65.0 Å². The summed E-state index contributed by atoms with van der Waals surface area (Å²) >= 11 is 0. The van der Waals surface area contributed by atoms with Gasteiger partial charge in [-0.2, -0.15) is 0 Å². The SMILES string of the molecule is CCOC(=O)C(O)CCCCc1ccc(OCc2ccccc2)c(OCC)c1. The zero-order chi connectivity index (χ0) is 20.2. The van der Waals surface area contributed by atoms with Crippen molar-refractivity contribution in [2.24, 2.45) is 0 Å². The first-order valence-electron chi connectivity index (χ1n) is 9.91. The Hall–Kier alpha value is -2.53. The number of benzene rings is 2. The molecule has 0 saturated carbocycles. The van der Waals surface area contributed by atoms with Crippen LogP contribution in [0.1, 0.15) is 44.2 Å². The highest BCUT2D eigenvalue weighted by Crippen LogP contribution is 2.30. The average molecular weight is 386 g/mol. The fourth-order valence-electron chi connectivity index (χ4n) is 2.85. The predicted molar refractivity (Wildman–Crippen MR) is 109 cm³/mol. The number of aliphatic hydroxyl groups excluding tert-OH is 1. The normalized spacial score (nSPS) is 11.7. The van der Waals surface area contributed by atoms with Crippen molar-refractivity contribution in [1.82, 2.24) is 0 Å². The Kier molecular flexibility index (Phi) is 9.35. The van der Waals surface area contributed by atoms with Crippen LogP contribution in [0.15, 0.2) is 48.5 Å². The van der Waals surface area contributed by atoms with Crippen LogP contribution in [0.3, 0.4) is 0 Å².